The smallest absolute Gasteiger partial charge is 0.334 e. The summed E-state index contributed by atoms with van der Waals surface area (Å²) in [5.41, 5.74) is 2.03. The molecule has 0 N–H and O–H groups in total. The lowest BCUT2D eigenvalue weighted by molar-refractivity contribution is -0.123. The molecule has 5 rings (SSSR count). The Labute approximate surface area is 181 Å². The molecule has 1 aromatic carbocycles. The number of halogens is 1. The van der Waals surface area contributed by atoms with Crippen LogP contribution in [0, 0.1) is 5.92 Å². The summed E-state index contributed by atoms with van der Waals surface area (Å²) in [4.78, 5) is 18.0. The highest BCUT2D eigenvalue weighted by Gasteiger charge is 2.33. The Morgan fingerprint density at radius 2 is 2.07 bits per heavy atom. The van der Waals surface area contributed by atoms with Gasteiger partial charge in [-0.25, -0.2) is 14.3 Å². The number of benzene rings is 1. The van der Waals surface area contributed by atoms with Gasteiger partial charge in [-0.3, -0.25) is 4.57 Å². The molecule has 2 aliphatic rings. The van der Waals surface area contributed by atoms with Gasteiger partial charge in [0.25, 0.3) is 0 Å². The maximum atomic E-state index is 13.4. The first kappa shape index (κ1) is 19.3. The summed E-state index contributed by atoms with van der Waals surface area (Å²) in [6, 6.07) is 11.5. The van der Waals surface area contributed by atoms with Crippen LogP contribution in [-0.4, -0.2) is 39.7 Å². The molecule has 0 spiro atoms. The number of hydrogen-bond donors (Lipinski definition) is 0. The summed E-state index contributed by atoms with van der Waals surface area (Å²) in [6.45, 7) is 1.45. The Kier molecular flexibility index (Phi) is 5.28. The number of aromatic nitrogens is 3. The van der Waals surface area contributed by atoms with E-state index in [1.807, 2.05) is 54.6 Å². The first-order valence-electron chi connectivity index (χ1n) is 9.75. The summed E-state index contributed by atoms with van der Waals surface area (Å²) < 4.78 is 21.4. The number of imidazole rings is 1. The third-order valence-corrected chi connectivity index (χ3v) is 5.72. The van der Waals surface area contributed by atoms with E-state index in [9.17, 15) is 4.79 Å². The van der Waals surface area contributed by atoms with Crippen LogP contribution < -0.4 is 5.69 Å². The molecule has 7 nitrogen and oxygen atoms in total. The molecule has 0 amide bonds. The summed E-state index contributed by atoms with van der Waals surface area (Å²) in [5.74, 6) is 0.0133. The Hall–Kier alpha value is -2.68. The molecule has 8 heteroatoms. The third kappa shape index (κ3) is 3.62. The van der Waals surface area contributed by atoms with E-state index in [2.05, 4.69) is 20.9 Å². The minimum atomic E-state index is -0.442. The van der Waals surface area contributed by atoms with Crippen molar-refractivity contribution >= 4 is 27.1 Å². The van der Waals surface area contributed by atoms with Gasteiger partial charge in [0.1, 0.15) is 0 Å². The predicted molar refractivity (Wildman–Crippen MR) is 115 cm³/mol. The Bertz CT molecular complexity index is 1170. The van der Waals surface area contributed by atoms with Gasteiger partial charge in [-0.05, 0) is 46.3 Å². The van der Waals surface area contributed by atoms with E-state index in [-0.39, 0.29) is 17.7 Å². The summed E-state index contributed by atoms with van der Waals surface area (Å²) in [7, 11) is 0. The average molecular weight is 470 g/mol. The number of pyridine rings is 1. The lowest BCUT2D eigenvalue weighted by atomic mass is 10.1. The van der Waals surface area contributed by atoms with Gasteiger partial charge in [-0.1, -0.05) is 24.3 Å². The van der Waals surface area contributed by atoms with Crippen molar-refractivity contribution in [2.24, 2.45) is 5.92 Å². The molecule has 154 valence electrons. The van der Waals surface area contributed by atoms with Crippen LogP contribution in [-0.2, 0) is 20.8 Å². The van der Waals surface area contributed by atoms with E-state index in [0.717, 1.165) is 15.7 Å². The Morgan fingerprint density at radius 1 is 1.20 bits per heavy atom. The minimum Gasteiger partial charge on any atom is -0.469 e. The molecule has 2 aliphatic heterocycles. The molecule has 1 fully saturated rings. The van der Waals surface area contributed by atoms with Crippen LogP contribution >= 0.6 is 15.9 Å². The van der Waals surface area contributed by atoms with Crippen molar-refractivity contribution in [1.82, 2.24) is 14.1 Å². The predicted octanol–water partition coefficient (Wildman–Crippen LogP) is 3.41. The number of hydrogen-bond acceptors (Lipinski definition) is 5. The quantitative estimate of drug-likeness (QED) is 0.572. The van der Waals surface area contributed by atoms with Gasteiger partial charge < -0.3 is 14.2 Å². The molecule has 2 aromatic heterocycles. The van der Waals surface area contributed by atoms with Gasteiger partial charge in [0.2, 0.25) is 6.29 Å². The topological polar surface area (TPSA) is 67.5 Å². The summed E-state index contributed by atoms with van der Waals surface area (Å²) in [6.07, 6.45) is 8.25. The highest BCUT2D eigenvalue weighted by Crippen LogP contribution is 2.25. The fraction of sp³-hybridized carbons (Fsp3) is 0.273. The van der Waals surface area contributed by atoms with Crippen molar-refractivity contribution in [2.75, 3.05) is 13.2 Å². The van der Waals surface area contributed by atoms with Crippen molar-refractivity contribution in [3.8, 4) is 5.69 Å². The lowest BCUT2D eigenvalue weighted by Crippen LogP contribution is -2.34. The normalized spacial score (nSPS) is 23.2. The zero-order valence-corrected chi connectivity index (χ0v) is 17.6. The van der Waals surface area contributed by atoms with E-state index in [0.29, 0.717) is 25.4 Å². The van der Waals surface area contributed by atoms with Crippen molar-refractivity contribution in [3.05, 3.63) is 82.0 Å². The Morgan fingerprint density at radius 3 is 2.87 bits per heavy atom. The molecule has 4 heterocycles. The Balaban J connectivity index is 1.50. The van der Waals surface area contributed by atoms with Gasteiger partial charge in [0.05, 0.1) is 36.8 Å². The van der Waals surface area contributed by atoms with Crippen LogP contribution in [0.2, 0.25) is 0 Å². The number of para-hydroxylation sites is 1. The van der Waals surface area contributed by atoms with E-state index in [1.165, 1.54) is 0 Å². The molecule has 30 heavy (non-hydrogen) atoms. The van der Waals surface area contributed by atoms with Crippen molar-refractivity contribution in [2.45, 2.75) is 18.9 Å². The van der Waals surface area contributed by atoms with Gasteiger partial charge in [-0.15, -0.1) is 0 Å². The van der Waals surface area contributed by atoms with Gasteiger partial charge in [0, 0.05) is 23.1 Å². The fourth-order valence-corrected chi connectivity index (χ4v) is 4.16. The lowest BCUT2D eigenvalue weighted by Gasteiger charge is -2.23. The van der Waals surface area contributed by atoms with Crippen molar-refractivity contribution < 1.29 is 14.2 Å². The molecule has 3 unspecified atom stereocenters. The highest BCUT2D eigenvalue weighted by molar-refractivity contribution is 9.10. The van der Waals surface area contributed by atoms with Crippen molar-refractivity contribution in [1.29, 1.82) is 0 Å². The fourth-order valence-electron chi connectivity index (χ4n) is 3.85. The third-order valence-electron chi connectivity index (χ3n) is 5.29. The second-order valence-electron chi connectivity index (χ2n) is 7.25. The molecule has 0 saturated carbocycles. The highest BCUT2D eigenvalue weighted by atomic mass is 79.9. The van der Waals surface area contributed by atoms with Crippen LogP contribution in [0.25, 0.3) is 16.9 Å². The first-order chi connectivity index (χ1) is 14.7. The maximum Gasteiger partial charge on any atom is 0.334 e. The van der Waals surface area contributed by atoms with Crippen LogP contribution in [0.3, 0.4) is 0 Å². The number of rotatable bonds is 5. The molecule has 0 aliphatic carbocycles. The molecule has 0 bridgehead atoms. The SMILES string of the molecule is O=c1n(CC2COCC2OC2C=CC=CO2)c2cc(Br)cnc2n1-c1ccccc1. The molecule has 0 radical (unpaired) electrons. The van der Waals surface area contributed by atoms with E-state index < -0.39 is 6.29 Å². The maximum absolute atomic E-state index is 13.4. The molecule has 1 saturated heterocycles. The molecule has 3 atom stereocenters. The average Bonchev–Trinajstić information content (AvgIpc) is 3.31. The molecule has 3 aromatic rings. The summed E-state index contributed by atoms with van der Waals surface area (Å²) in [5, 5.41) is 0. The van der Waals surface area contributed by atoms with Crippen molar-refractivity contribution in [3.63, 3.8) is 0 Å². The molecular formula is C22H20BrN3O4. The van der Waals surface area contributed by atoms with Crippen LogP contribution in [0.1, 0.15) is 0 Å². The molecular weight excluding hydrogens is 450 g/mol. The number of fused-ring (bicyclic) bond motifs is 1. The zero-order valence-electron chi connectivity index (χ0n) is 16.1. The minimum absolute atomic E-state index is 0.0133. The van der Waals surface area contributed by atoms with E-state index in [4.69, 9.17) is 14.2 Å². The van der Waals surface area contributed by atoms with Gasteiger partial charge >= 0.3 is 5.69 Å². The van der Waals surface area contributed by atoms with Gasteiger partial charge in [-0.2, -0.15) is 0 Å². The second kappa shape index (κ2) is 8.22. The van der Waals surface area contributed by atoms with Crippen LogP contribution in [0.4, 0.5) is 0 Å². The number of ether oxygens (including phenoxy) is 3. The second-order valence-corrected chi connectivity index (χ2v) is 8.17. The van der Waals surface area contributed by atoms with Crippen LogP contribution in [0.5, 0.6) is 0 Å². The largest absolute Gasteiger partial charge is 0.469 e. The van der Waals surface area contributed by atoms with Gasteiger partial charge in [0.15, 0.2) is 5.65 Å². The number of allylic oxidation sites excluding steroid dienone is 2. The zero-order chi connectivity index (χ0) is 20.5. The van der Waals surface area contributed by atoms with Crippen LogP contribution in [0.15, 0.2) is 76.4 Å². The summed E-state index contributed by atoms with van der Waals surface area (Å²) >= 11 is 3.48. The van der Waals surface area contributed by atoms with E-state index in [1.54, 1.807) is 21.6 Å². The van der Waals surface area contributed by atoms with E-state index >= 15 is 0 Å². The monoisotopic (exact) mass is 469 g/mol. The number of nitrogens with zero attached hydrogens (tertiary/aromatic N) is 3. The standard InChI is InChI=1S/C22H20BrN3O4/c23-16-10-18-21(24-11-16)26(17-6-2-1-3-7-17)22(27)25(18)12-15-13-28-14-19(15)30-20-8-4-5-9-29-20/h1-11,15,19-20H,12-14H2. The first-order valence-corrected chi connectivity index (χ1v) is 10.5.